The van der Waals surface area contributed by atoms with E-state index in [9.17, 15) is 9.18 Å². The van der Waals surface area contributed by atoms with Crippen LogP contribution in [0.2, 0.25) is 0 Å². The van der Waals surface area contributed by atoms with Crippen LogP contribution in [0.5, 0.6) is 0 Å². The molecule has 0 aliphatic carbocycles. The molecule has 5 heteroatoms. The lowest BCUT2D eigenvalue weighted by molar-refractivity contribution is -0.0707. The zero-order valence-electron chi connectivity index (χ0n) is 11.1. The van der Waals surface area contributed by atoms with Gasteiger partial charge >= 0.3 is 5.97 Å². The lowest BCUT2D eigenvalue weighted by atomic mass is 10.1. The smallest absolute Gasteiger partial charge is 0.338 e. The number of hydrogen-bond acceptors (Lipinski definition) is 3. The quantitative estimate of drug-likeness (QED) is 0.911. The first-order valence-corrected chi connectivity index (χ1v) is 6.36. The van der Waals surface area contributed by atoms with Gasteiger partial charge in [0.1, 0.15) is 5.82 Å². The normalized spacial score (nSPS) is 24.4. The number of aromatic carboxylic acids is 1. The summed E-state index contributed by atoms with van der Waals surface area (Å²) in [7, 11) is 0. The first kappa shape index (κ1) is 14.0. The summed E-state index contributed by atoms with van der Waals surface area (Å²) in [5.41, 5.74) is 0.146. The zero-order valence-corrected chi connectivity index (χ0v) is 11.1. The second kappa shape index (κ2) is 5.67. The highest BCUT2D eigenvalue weighted by atomic mass is 19.1. The topological polar surface area (TPSA) is 49.8 Å². The maximum atomic E-state index is 14.0. The molecule has 0 spiro atoms. The number of halogens is 1. The van der Waals surface area contributed by atoms with Crippen LogP contribution in [0, 0.1) is 5.82 Å². The number of rotatable bonds is 3. The average Bonchev–Trinajstić information content (AvgIpc) is 2.30. The first-order valence-electron chi connectivity index (χ1n) is 6.36. The highest BCUT2D eigenvalue weighted by molar-refractivity contribution is 5.88. The minimum absolute atomic E-state index is 0.106. The Balaban J connectivity index is 2.15. The molecular formula is C14H18FNO3. The molecule has 0 bridgehead atoms. The van der Waals surface area contributed by atoms with Crippen molar-refractivity contribution < 1.29 is 19.0 Å². The first-order chi connectivity index (χ1) is 8.97. The molecule has 0 radical (unpaired) electrons. The summed E-state index contributed by atoms with van der Waals surface area (Å²) in [5.74, 6) is -1.87. The molecule has 2 atom stereocenters. The number of carboxylic acids is 1. The lowest BCUT2D eigenvalue weighted by Crippen LogP contribution is -2.45. The third-order valence-corrected chi connectivity index (χ3v) is 3.20. The molecule has 19 heavy (non-hydrogen) atoms. The number of nitrogens with zero attached hydrogens (tertiary/aromatic N) is 1. The highest BCUT2D eigenvalue weighted by Crippen LogP contribution is 2.18. The fourth-order valence-corrected chi connectivity index (χ4v) is 2.52. The second-order valence-corrected chi connectivity index (χ2v) is 5.04. The third kappa shape index (κ3) is 3.30. The van der Waals surface area contributed by atoms with E-state index in [0.717, 1.165) is 13.1 Å². The van der Waals surface area contributed by atoms with Crippen LogP contribution in [0.25, 0.3) is 0 Å². The Morgan fingerprint density at radius 1 is 1.42 bits per heavy atom. The fraction of sp³-hybridized carbons (Fsp3) is 0.500. The Hall–Kier alpha value is -1.46. The van der Waals surface area contributed by atoms with Gasteiger partial charge in [0.25, 0.3) is 0 Å². The maximum absolute atomic E-state index is 14.0. The lowest BCUT2D eigenvalue weighted by Gasteiger charge is -2.35. The molecule has 0 saturated carbocycles. The fourth-order valence-electron chi connectivity index (χ4n) is 2.52. The van der Waals surface area contributed by atoms with Crippen molar-refractivity contribution in [2.45, 2.75) is 32.6 Å². The molecule has 4 nitrogen and oxygen atoms in total. The van der Waals surface area contributed by atoms with E-state index in [2.05, 4.69) is 4.90 Å². The predicted octanol–water partition coefficient (Wildman–Crippen LogP) is 2.13. The summed E-state index contributed by atoms with van der Waals surface area (Å²) in [5, 5.41) is 8.91. The summed E-state index contributed by atoms with van der Waals surface area (Å²) in [4.78, 5) is 13.0. The van der Waals surface area contributed by atoms with Gasteiger partial charge < -0.3 is 9.84 Å². The van der Waals surface area contributed by atoms with Crippen molar-refractivity contribution in [1.82, 2.24) is 4.90 Å². The van der Waals surface area contributed by atoms with Gasteiger partial charge in [0.15, 0.2) is 0 Å². The van der Waals surface area contributed by atoms with E-state index in [0.29, 0.717) is 12.1 Å². The van der Waals surface area contributed by atoms with E-state index >= 15 is 0 Å². The van der Waals surface area contributed by atoms with Crippen molar-refractivity contribution in [2.24, 2.45) is 0 Å². The molecule has 1 saturated heterocycles. The van der Waals surface area contributed by atoms with Crippen LogP contribution >= 0.6 is 0 Å². The number of hydrogen-bond donors (Lipinski definition) is 1. The molecule has 1 aliphatic rings. The van der Waals surface area contributed by atoms with Gasteiger partial charge in [-0.05, 0) is 19.9 Å². The number of carboxylic acid groups (broad SMARTS) is 1. The van der Waals surface area contributed by atoms with E-state index in [1.165, 1.54) is 6.07 Å². The molecule has 1 fully saturated rings. The van der Waals surface area contributed by atoms with Crippen LogP contribution in [0.15, 0.2) is 18.2 Å². The van der Waals surface area contributed by atoms with Gasteiger partial charge in [-0.2, -0.15) is 0 Å². The zero-order chi connectivity index (χ0) is 14.0. The van der Waals surface area contributed by atoms with E-state index in [1.807, 2.05) is 13.8 Å². The molecule has 1 N–H and O–H groups in total. The van der Waals surface area contributed by atoms with Crippen LogP contribution in [0.3, 0.4) is 0 Å². The van der Waals surface area contributed by atoms with Gasteiger partial charge in [-0.1, -0.05) is 12.1 Å². The van der Waals surface area contributed by atoms with Crippen molar-refractivity contribution in [1.29, 1.82) is 0 Å². The van der Waals surface area contributed by atoms with Gasteiger partial charge in [0.05, 0.1) is 17.8 Å². The van der Waals surface area contributed by atoms with Crippen molar-refractivity contribution in [2.75, 3.05) is 13.1 Å². The summed E-state index contributed by atoms with van der Waals surface area (Å²) in [6, 6.07) is 4.49. The minimum Gasteiger partial charge on any atom is -0.478 e. The van der Waals surface area contributed by atoms with Crippen LogP contribution < -0.4 is 0 Å². The molecule has 1 aromatic rings. The number of ether oxygens (including phenoxy) is 1. The van der Waals surface area contributed by atoms with Gasteiger partial charge in [-0.3, -0.25) is 4.90 Å². The summed E-state index contributed by atoms with van der Waals surface area (Å²) >= 11 is 0. The largest absolute Gasteiger partial charge is 0.478 e. The molecule has 0 amide bonds. The van der Waals surface area contributed by atoms with E-state index < -0.39 is 11.8 Å². The summed E-state index contributed by atoms with van der Waals surface area (Å²) in [6.07, 6.45) is 0.212. The number of carbonyl (C=O) groups is 1. The monoisotopic (exact) mass is 267 g/mol. The number of benzene rings is 1. The van der Waals surface area contributed by atoms with Crippen LogP contribution in [-0.2, 0) is 11.3 Å². The van der Waals surface area contributed by atoms with Crippen LogP contribution in [-0.4, -0.2) is 41.3 Å². The van der Waals surface area contributed by atoms with E-state index in [-0.39, 0.29) is 17.8 Å². The van der Waals surface area contributed by atoms with Crippen molar-refractivity contribution >= 4 is 5.97 Å². The van der Waals surface area contributed by atoms with Crippen LogP contribution in [0.4, 0.5) is 4.39 Å². The molecular weight excluding hydrogens is 249 g/mol. The molecule has 1 aliphatic heterocycles. The Kier molecular flexibility index (Phi) is 4.17. The molecule has 1 aromatic carbocycles. The Labute approximate surface area is 111 Å². The van der Waals surface area contributed by atoms with Gasteiger partial charge in [-0.25, -0.2) is 9.18 Å². The van der Waals surface area contributed by atoms with Crippen molar-refractivity contribution in [3.05, 3.63) is 35.1 Å². The van der Waals surface area contributed by atoms with Crippen LogP contribution in [0.1, 0.15) is 29.8 Å². The van der Waals surface area contributed by atoms with Gasteiger partial charge in [-0.15, -0.1) is 0 Å². The molecule has 0 unspecified atom stereocenters. The SMILES string of the molecule is C[C@@H]1CN(Cc2cccc(C(=O)O)c2F)C[C@H](C)O1. The summed E-state index contributed by atoms with van der Waals surface area (Å²) < 4.78 is 19.7. The van der Waals surface area contributed by atoms with E-state index in [1.54, 1.807) is 12.1 Å². The van der Waals surface area contributed by atoms with Gasteiger partial charge in [0, 0.05) is 25.2 Å². The Morgan fingerprint density at radius 3 is 2.63 bits per heavy atom. The maximum Gasteiger partial charge on any atom is 0.338 e. The van der Waals surface area contributed by atoms with Crippen molar-refractivity contribution in [3.63, 3.8) is 0 Å². The van der Waals surface area contributed by atoms with Crippen molar-refractivity contribution in [3.8, 4) is 0 Å². The molecule has 1 heterocycles. The standard InChI is InChI=1S/C14H18FNO3/c1-9-6-16(7-10(2)19-9)8-11-4-3-5-12(13(11)15)14(17)18/h3-5,9-10H,6-8H2,1-2H3,(H,17,18)/t9-,10+. The molecule has 0 aromatic heterocycles. The minimum atomic E-state index is -1.23. The summed E-state index contributed by atoms with van der Waals surface area (Å²) in [6.45, 7) is 5.81. The van der Waals surface area contributed by atoms with Gasteiger partial charge in [0.2, 0.25) is 0 Å². The Morgan fingerprint density at radius 2 is 2.05 bits per heavy atom. The number of morpholine rings is 1. The Bertz CT molecular complexity index is 468. The third-order valence-electron chi connectivity index (χ3n) is 3.20. The highest BCUT2D eigenvalue weighted by Gasteiger charge is 2.23. The molecule has 104 valence electrons. The average molecular weight is 267 g/mol. The molecule has 2 rings (SSSR count). The predicted molar refractivity (Wildman–Crippen MR) is 68.6 cm³/mol. The second-order valence-electron chi connectivity index (χ2n) is 5.04. The van der Waals surface area contributed by atoms with E-state index in [4.69, 9.17) is 9.84 Å².